The predicted molar refractivity (Wildman–Crippen MR) is 73.8 cm³/mol. The number of hydrogen-bond donors (Lipinski definition) is 2. The van der Waals surface area contributed by atoms with Crippen molar-refractivity contribution < 1.29 is 14.6 Å². The highest BCUT2D eigenvalue weighted by Crippen LogP contribution is 2.24. The number of nitrogens with two attached hydrogens (primary N) is 1. The van der Waals surface area contributed by atoms with Crippen molar-refractivity contribution in [2.75, 3.05) is 0 Å². The van der Waals surface area contributed by atoms with Crippen LogP contribution in [0.1, 0.15) is 25.8 Å². The van der Waals surface area contributed by atoms with Gasteiger partial charge >= 0.3 is 5.97 Å². The molecule has 0 fully saturated rings. The molecule has 1 rings (SSSR count). The largest absolute Gasteiger partial charge is 0.479 e. The molecule has 5 heteroatoms. The van der Waals surface area contributed by atoms with Crippen LogP contribution in [0.4, 0.5) is 0 Å². The van der Waals surface area contributed by atoms with Crippen molar-refractivity contribution in [3.8, 4) is 5.75 Å². The molecular weight excluding hydrogens is 298 g/mol. The van der Waals surface area contributed by atoms with Gasteiger partial charge in [0.2, 0.25) is 0 Å². The van der Waals surface area contributed by atoms with Crippen LogP contribution in [-0.4, -0.2) is 23.2 Å². The summed E-state index contributed by atoms with van der Waals surface area (Å²) in [6.45, 7) is 3.53. The summed E-state index contributed by atoms with van der Waals surface area (Å²) in [7, 11) is 0. The fourth-order valence-corrected chi connectivity index (χ4v) is 1.87. The monoisotopic (exact) mass is 315 g/mol. The highest BCUT2D eigenvalue weighted by Gasteiger charge is 2.13. The molecule has 0 aliphatic rings. The molecule has 0 heterocycles. The lowest BCUT2D eigenvalue weighted by atomic mass is 10.0. The Hall–Kier alpha value is -1.07. The summed E-state index contributed by atoms with van der Waals surface area (Å²) in [5, 5.41) is 8.80. The second-order valence-electron chi connectivity index (χ2n) is 4.22. The Morgan fingerprint density at radius 1 is 1.56 bits per heavy atom. The molecule has 0 amide bonds. The first kappa shape index (κ1) is 15.0. The Morgan fingerprint density at radius 3 is 2.78 bits per heavy atom. The molecule has 1 aromatic carbocycles. The van der Waals surface area contributed by atoms with E-state index in [0.29, 0.717) is 5.75 Å². The summed E-state index contributed by atoms with van der Waals surface area (Å²) in [5.74, 6) is -0.434. The molecule has 2 atom stereocenters. The second kappa shape index (κ2) is 6.75. The van der Waals surface area contributed by atoms with Crippen molar-refractivity contribution >= 4 is 21.9 Å². The van der Waals surface area contributed by atoms with Gasteiger partial charge in [-0.05, 0) is 43.5 Å². The average molecular weight is 316 g/mol. The zero-order valence-electron chi connectivity index (χ0n) is 10.5. The Bertz CT molecular complexity index is 423. The standard InChI is InChI=1S/C13H18BrNO3/c1-3-10(15)6-9-7-11(4-5-12(9)14)18-8(2)13(16)17/h4-5,7-8,10H,3,6,15H2,1-2H3,(H,16,17). The van der Waals surface area contributed by atoms with Gasteiger partial charge in [0.15, 0.2) is 6.10 Å². The molecule has 0 radical (unpaired) electrons. The normalized spacial score (nSPS) is 14.0. The van der Waals surface area contributed by atoms with Crippen LogP contribution in [0.5, 0.6) is 5.75 Å². The average Bonchev–Trinajstić information content (AvgIpc) is 2.33. The van der Waals surface area contributed by atoms with Gasteiger partial charge in [-0.3, -0.25) is 0 Å². The maximum atomic E-state index is 10.7. The van der Waals surface area contributed by atoms with Gasteiger partial charge in [0.05, 0.1) is 0 Å². The maximum absolute atomic E-state index is 10.7. The van der Waals surface area contributed by atoms with Crippen molar-refractivity contribution in [3.63, 3.8) is 0 Å². The first-order chi connectivity index (χ1) is 8.43. The Morgan fingerprint density at radius 2 is 2.22 bits per heavy atom. The number of ether oxygens (including phenoxy) is 1. The number of carbonyl (C=O) groups is 1. The van der Waals surface area contributed by atoms with E-state index in [4.69, 9.17) is 15.6 Å². The lowest BCUT2D eigenvalue weighted by molar-refractivity contribution is -0.144. The number of benzene rings is 1. The predicted octanol–water partition coefficient (Wildman–Crippen LogP) is 2.58. The van der Waals surface area contributed by atoms with E-state index in [9.17, 15) is 4.79 Å². The number of aliphatic carboxylic acids is 1. The molecule has 2 unspecified atom stereocenters. The minimum atomic E-state index is -0.982. The van der Waals surface area contributed by atoms with E-state index in [-0.39, 0.29) is 6.04 Å². The first-order valence-corrected chi connectivity index (χ1v) is 6.66. The van der Waals surface area contributed by atoms with Gasteiger partial charge in [0, 0.05) is 10.5 Å². The van der Waals surface area contributed by atoms with E-state index >= 15 is 0 Å². The summed E-state index contributed by atoms with van der Waals surface area (Å²) in [4.78, 5) is 10.7. The summed E-state index contributed by atoms with van der Waals surface area (Å²) >= 11 is 3.46. The van der Waals surface area contributed by atoms with Gasteiger partial charge in [-0.25, -0.2) is 4.79 Å². The molecule has 18 heavy (non-hydrogen) atoms. The van der Waals surface area contributed by atoms with Gasteiger partial charge in [-0.1, -0.05) is 22.9 Å². The van der Waals surface area contributed by atoms with Crippen molar-refractivity contribution in [3.05, 3.63) is 28.2 Å². The lowest BCUT2D eigenvalue weighted by Gasteiger charge is -2.14. The molecule has 0 spiro atoms. The van der Waals surface area contributed by atoms with E-state index in [1.807, 2.05) is 19.1 Å². The summed E-state index contributed by atoms with van der Waals surface area (Å²) in [6.07, 6.45) is 0.762. The van der Waals surface area contributed by atoms with Crippen LogP contribution in [0, 0.1) is 0 Å². The lowest BCUT2D eigenvalue weighted by Crippen LogP contribution is -2.23. The molecule has 100 valence electrons. The van der Waals surface area contributed by atoms with Gasteiger partial charge in [-0.15, -0.1) is 0 Å². The van der Waals surface area contributed by atoms with E-state index in [2.05, 4.69) is 15.9 Å². The summed E-state index contributed by atoms with van der Waals surface area (Å²) in [6, 6.07) is 5.51. The van der Waals surface area contributed by atoms with Gasteiger partial charge in [-0.2, -0.15) is 0 Å². The van der Waals surface area contributed by atoms with E-state index in [1.54, 1.807) is 6.07 Å². The molecule has 3 N–H and O–H groups in total. The topological polar surface area (TPSA) is 72.5 Å². The molecule has 0 aromatic heterocycles. The Labute approximate surface area is 115 Å². The van der Waals surface area contributed by atoms with Crippen molar-refractivity contribution in [1.82, 2.24) is 0 Å². The third kappa shape index (κ3) is 4.31. The van der Waals surface area contributed by atoms with Crippen LogP contribution in [-0.2, 0) is 11.2 Å². The number of halogens is 1. The van der Waals surface area contributed by atoms with Crippen molar-refractivity contribution in [2.24, 2.45) is 5.73 Å². The van der Waals surface area contributed by atoms with Crippen LogP contribution >= 0.6 is 15.9 Å². The van der Waals surface area contributed by atoms with Crippen LogP contribution in [0.25, 0.3) is 0 Å². The number of carboxylic acid groups (broad SMARTS) is 1. The fourth-order valence-electron chi connectivity index (χ4n) is 1.46. The third-order valence-corrected chi connectivity index (χ3v) is 3.46. The second-order valence-corrected chi connectivity index (χ2v) is 5.08. The third-order valence-electron chi connectivity index (χ3n) is 2.68. The van der Waals surface area contributed by atoms with Crippen LogP contribution in [0.2, 0.25) is 0 Å². The zero-order valence-corrected chi connectivity index (χ0v) is 12.1. The Kier molecular flexibility index (Phi) is 5.62. The first-order valence-electron chi connectivity index (χ1n) is 5.87. The van der Waals surface area contributed by atoms with E-state index < -0.39 is 12.1 Å². The van der Waals surface area contributed by atoms with Crippen LogP contribution in [0.3, 0.4) is 0 Å². The van der Waals surface area contributed by atoms with Gasteiger partial charge in [0.25, 0.3) is 0 Å². The molecule has 1 aromatic rings. The minimum absolute atomic E-state index is 0.0912. The van der Waals surface area contributed by atoms with Crippen LogP contribution < -0.4 is 10.5 Å². The molecular formula is C13H18BrNO3. The van der Waals surface area contributed by atoms with Gasteiger partial charge < -0.3 is 15.6 Å². The zero-order chi connectivity index (χ0) is 13.7. The molecule has 0 bridgehead atoms. The SMILES string of the molecule is CCC(N)Cc1cc(OC(C)C(=O)O)ccc1Br. The fraction of sp³-hybridized carbons (Fsp3) is 0.462. The van der Waals surface area contributed by atoms with Crippen molar-refractivity contribution in [2.45, 2.75) is 38.8 Å². The van der Waals surface area contributed by atoms with E-state index in [1.165, 1.54) is 6.92 Å². The molecule has 0 saturated heterocycles. The maximum Gasteiger partial charge on any atom is 0.344 e. The summed E-state index contributed by atoms with van der Waals surface area (Å²) < 4.78 is 6.29. The Balaban J connectivity index is 2.83. The smallest absolute Gasteiger partial charge is 0.344 e. The number of carboxylic acids is 1. The van der Waals surface area contributed by atoms with Crippen molar-refractivity contribution in [1.29, 1.82) is 0 Å². The molecule has 0 aliphatic heterocycles. The number of rotatable bonds is 6. The molecule has 0 aliphatic carbocycles. The highest BCUT2D eigenvalue weighted by molar-refractivity contribution is 9.10. The minimum Gasteiger partial charge on any atom is -0.479 e. The summed E-state index contributed by atoms with van der Waals surface area (Å²) in [5.41, 5.74) is 6.94. The quantitative estimate of drug-likeness (QED) is 0.846. The molecule has 4 nitrogen and oxygen atoms in total. The van der Waals surface area contributed by atoms with Gasteiger partial charge in [0.1, 0.15) is 5.75 Å². The number of hydrogen-bond acceptors (Lipinski definition) is 3. The highest BCUT2D eigenvalue weighted by atomic mass is 79.9. The van der Waals surface area contributed by atoms with E-state index in [0.717, 1.165) is 22.9 Å². The molecule has 0 saturated carbocycles. The van der Waals surface area contributed by atoms with Crippen LogP contribution in [0.15, 0.2) is 22.7 Å².